The number of rotatable bonds is 3. The first-order valence-electron chi connectivity index (χ1n) is 4.61. The van der Waals surface area contributed by atoms with Crippen molar-refractivity contribution in [1.82, 2.24) is 14.9 Å². The van der Waals surface area contributed by atoms with Crippen LogP contribution in [-0.4, -0.2) is 33.1 Å². The van der Waals surface area contributed by atoms with E-state index >= 15 is 0 Å². The summed E-state index contributed by atoms with van der Waals surface area (Å²) >= 11 is 0. The highest BCUT2D eigenvalue weighted by atomic mass is 16.4. The molecule has 0 unspecified atom stereocenters. The van der Waals surface area contributed by atoms with Crippen LogP contribution in [-0.2, 0) is 4.79 Å². The molecule has 6 nitrogen and oxygen atoms in total. The highest BCUT2D eigenvalue weighted by Gasteiger charge is 2.12. The maximum absolute atomic E-state index is 11.6. The van der Waals surface area contributed by atoms with Crippen molar-refractivity contribution in [2.45, 2.75) is 0 Å². The molecule has 0 aliphatic heterocycles. The maximum Gasteiger partial charge on any atom is 0.322 e. The third kappa shape index (κ3) is 1.85. The van der Waals surface area contributed by atoms with Gasteiger partial charge in [0.2, 0.25) is 0 Å². The van der Waals surface area contributed by atoms with Gasteiger partial charge in [0.1, 0.15) is 6.54 Å². The molecule has 0 aromatic carbocycles. The maximum atomic E-state index is 11.6. The van der Waals surface area contributed by atoms with E-state index in [1.165, 1.54) is 6.20 Å². The Hall–Kier alpha value is -2.37. The summed E-state index contributed by atoms with van der Waals surface area (Å²) in [4.78, 5) is 21.9. The third-order valence-corrected chi connectivity index (χ3v) is 2.07. The van der Waals surface area contributed by atoms with Gasteiger partial charge in [0, 0.05) is 6.20 Å². The molecule has 0 saturated carbocycles. The number of carbonyl (C=O) groups is 2. The number of nitrogens with one attached hydrogen (secondary N) is 1. The van der Waals surface area contributed by atoms with Gasteiger partial charge in [-0.05, 0) is 12.1 Å². The molecule has 2 rings (SSSR count). The van der Waals surface area contributed by atoms with E-state index in [1.807, 2.05) is 0 Å². The number of aliphatic carboxylic acids is 1. The largest absolute Gasteiger partial charge is 0.480 e. The number of amides is 1. The predicted molar refractivity (Wildman–Crippen MR) is 55.2 cm³/mol. The Bertz CT molecular complexity index is 547. The lowest BCUT2D eigenvalue weighted by Crippen LogP contribution is -2.29. The van der Waals surface area contributed by atoms with Crippen molar-refractivity contribution in [3.8, 4) is 0 Å². The van der Waals surface area contributed by atoms with Crippen LogP contribution in [0.2, 0.25) is 0 Å². The molecule has 0 fully saturated rings. The molecular formula is C10H9N3O3. The molecule has 2 aromatic rings. The summed E-state index contributed by atoms with van der Waals surface area (Å²) in [5.74, 6) is -1.52. The Morgan fingerprint density at radius 3 is 3.00 bits per heavy atom. The minimum absolute atomic E-state index is 0.363. The summed E-state index contributed by atoms with van der Waals surface area (Å²) in [6.45, 7) is -0.400. The van der Waals surface area contributed by atoms with E-state index in [9.17, 15) is 9.59 Å². The molecule has 0 spiro atoms. The second-order valence-electron chi connectivity index (χ2n) is 3.17. The number of aromatic nitrogens is 2. The van der Waals surface area contributed by atoms with Gasteiger partial charge in [-0.2, -0.15) is 5.10 Å². The first kappa shape index (κ1) is 10.2. The number of carbonyl (C=O) groups excluding carboxylic acids is 1. The summed E-state index contributed by atoms with van der Waals surface area (Å²) in [5.41, 5.74) is 1.01. The SMILES string of the molecule is O=C(O)CNC(=O)c1cnn2ccccc12. The lowest BCUT2D eigenvalue weighted by atomic mass is 10.2. The fourth-order valence-electron chi connectivity index (χ4n) is 1.36. The normalized spacial score (nSPS) is 10.2. The van der Waals surface area contributed by atoms with Gasteiger partial charge >= 0.3 is 5.97 Å². The zero-order valence-electron chi connectivity index (χ0n) is 8.25. The van der Waals surface area contributed by atoms with Crippen LogP contribution in [0.1, 0.15) is 10.4 Å². The fraction of sp³-hybridized carbons (Fsp3) is 0.100. The Labute approximate surface area is 90.5 Å². The van der Waals surface area contributed by atoms with Crippen molar-refractivity contribution >= 4 is 17.4 Å². The lowest BCUT2D eigenvalue weighted by Gasteiger charge is -1.99. The number of nitrogens with zero attached hydrogens (tertiary/aromatic N) is 2. The molecule has 2 heterocycles. The average Bonchev–Trinajstić information content (AvgIpc) is 2.69. The number of carboxylic acids is 1. The average molecular weight is 219 g/mol. The monoisotopic (exact) mass is 219 g/mol. The topological polar surface area (TPSA) is 83.7 Å². The van der Waals surface area contributed by atoms with Crippen molar-refractivity contribution in [2.75, 3.05) is 6.54 Å². The number of carboxylic acid groups (broad SMARTS) is 1. The lowest BCUT2D eigenvalue weighted by molar-refractivity contribution is -0.135. The molecule has 2 N–H and O–H groups in total. The smallest absolute Gasteiger partial charge is 0.322 e. The number of pyridine rings is 1. The summed E-state index contributed by atoms with van der Waals surface area (Å²) < 4.78 is 1.55. The van der Waals surface area contributed by atoms with Crippen molar-refractivity contribution in [1.29, 1.82) is 0 Å². The van der Waals surface area contributed by atoms with E-state index in [4.69, 9.17) is 5.11 Å². The summed E-state index contributed by atoms with van der Waals surface area (Å²) in [5, 5.41) is 14.7. The predicted octanol–water partition coefficient (Wildman–Crippen LogP) is 0.149. The van der Waals surface area contributed by atoms with Crippen LogP contribution < -0.4 is 5.32 Å². The quantitative estimate of drug-likeness (QED) is 0.769. The van der Waals surface area contributed by atoms with E-state index in [1.54, 1.807) is 28.9 Å². The molecule has 0 atom stereocenters. The minimum atomic E-state index is -1.08. The van der Waals surface area contributed by atoms with Gasteiger partial charge in [0.15, 0.2) is 0 Å². The molecule has 0 aliphatic carbocycles. The molecular weight excluding hydrogens is 210 g/mol. The van der Waals surface area contributed by atoms with Crippen molar-refractivity contribution < 1.29 is 14.7 Å². The summed E-state index contributed by atoms with van der Waals surface area (Å²) in [6, 6.07) is 5.31. The van der Waals surface area contributed by atoms with E-state index in [0.717, 1.165) is 0 Å². The third-order valence-electron chi connectivity index (χ3n) is 2.07. The van der Waals surface area contributed by atoms with Crippen LogP contribution in [0, 0.1) is 0 Å². The molecule has 0 radical (unpaired) electrons. The Morgan fingerprint density at radius 1 is 1.44 bits per heavy atom. The molecule has 2 aromatic heterocycles. The standard InChI is InChI=1S/C10H9N3O3/c14-9(15)6-11-10(16)7-5-12-13-4-2-1-3-8(7)13/h1-5H,6H2,(H,11,16)(H,14,15). The van der Waals surface area contributed by atoms with Crippen LogP contribution in [0.15, 0.2) is 30.6 Å². The van der Waals surface area contributed by atoms with Crippen LogP contribution in [0.4, 0.5) is 0 Å². The van der Waals surface area contributed by atoms with E-state index < -0.39 is 18.4 Å². The molecule has 6 heteroatoms. The van der Waals surface area contributed by atoms with Crippen LogP contribution in [0.25, 0.3) is 5.52 Å². The van der Waals surface area contributed by atoms with Crippen LogP contribution in [0.5, 0.6) is 0 Å². The van der Waals surface area contributed by atoms with Crippen molar-refractivity contribution in [3.05, 3.63) is 36.2 Å². The van der Waals surface area contributed by atoms with Crippen molar-refractivity contribution in [2.24, 2.45) is 0 Å². The first-order chi connectivity index (χ1) is 7.68. The Morgan fingerprint density at radius 2 is 2.25 bits per heavy atom. The van der Waals surface area contributed by atoms with E-state index in [0.29, 0.717) is 11.1 Å². The molecule has 0 bridgehead atoms. The highest BCUT2D eigenvalue weighted by molar-refractivity contribution is 6.01. The van der Waals surface area contributed by atoms with Gasteiger partial charge < -0.3 is 10.4 Å². The van der Waals surface area contributed by atoms with Gasteiger partial charge in [-0.1, -0.05) is 6.07 Å². The first-order valence-corrected chi connectivity index (χ1v) is 4.61. The second-order valence-corrected chi connectivity index (χ2v) is 3.17. The molecule has 0 saturated heterocycles. The van der Waals surface area contributed by atoms with Crippen LogP contribution >= 0.6 is 0 Å². The molecule has 0 aliphatic rings. The van der Waals surface area contributed by atoms with Crippen molar-refractivity contribution in [3.63, 3.8) is 0 Å². The molecule has 16 heavy (non-hydrogen) atoms. The number of hydrogen-bond acceptors (Lipinski definition) is 3. The fourth-order valence-corrected chi connectivity index (χ4v) is 1.36. The Balaban J connectivity index is 2.26. The van der Waals surface area contributed by atoms with Gasteiger partial charge in [-0.15, -0.1) is 0 Å². The van der Waals surface area contributed by atoms with Crippen LogP contribution in [0.3, 0.4) is 0 Å². The zero-order valence-corrected chi connectivity index (χ0v) is 8.25. The summed E-state index contributed by atoms with van der Waals surface area (Å²) in [6.07, 6.45) is 3.12. The van der Waals surface area contributed by atoms with Gasteiger partial charge in [0.05, 0.1) is 17.3 Å². The van der Waals surface area contributed by atoms with E-state index in [-0.39, 0.29) is 0 Å². The number of fused-ring (bicyclic) bond motifs is 1. The molecule has 82 valence electrons. The van der Waals surface area contributed by atoms with Gasteiger partial charge in [-0.25, -0.2) is 4.52 Å². The van der Waals surface area contributed by atoms with Gasteiger partial charge in [-0.3, -0.25) is 9.59 Å². The van der Waals surface area contributed by atoms with E-state index in [2.05, 4.69) is 10.4 Å². The Kier molecular flexibility index (Phi) is 2.55. The van der Waals surface area contributed by atoms with Gasteiger partial charge in [0.25, 0.3) is 5.91 Å². The highest BCUT2D eigenvalue weighted by Crippen LogP contribution is 2.09. The summed E-state index contributed by atoms with van der Waals surface area (Å²) in [7, 11) is 0. The second kappa shape index (κ2) is 4.01. The zero-order chi connectivity index (χ0) is 11.5. The minimum Gasteiger partial charge on any atom is -0.480 e. The molecule has 1 amide bonds. The number of hydrogen-bond donors (Lipinski definition) is 2.